The van der Waals surface area contributed by atoms with Crippen molar-refractivity contribution in [2.75, 3.05) is 20.3 Å². The Balaban J connectivity index is 2.05. The third kappa shape index (κ3) is 1.24. The summed E-state index contributed by atoms with van der Waals surface area (Å²) < 4.78 is 5.30. The van der Waals surface area contributed by atoms with E-state index in [9.17, 15) is 5.11 Å². The average Bonchev–Trinajstić information content (AvgIpc) is 2.91. The number of aliphatic hydroxyl groups excluding tert-OH is 1. The first-order chi connectivity index (χ1) is 8.21. The first kappa shape index (κ1) is 11.1. The van der Waals surface area contributed by atoms with Crippen molar-refractivity contribution in [2.24, 2.45) is 11.1 Å². The van der Waals surface area contributed by atoms with E-state index < -0.39 is 0 Å². The molecule has 3 heteroatoms. The van der Waals surface area contributed by atoms with Crippen molar-refractivity contribution in [1.29, 1.82) is 0 Å². The molecule has 0 heterocycles. The van der Waals surface area contributed by atoms with Gasteiger partial charge in [0.1, 0.15) is 5.75 Å². The van der Waals surface area contributed by atoms with Gasteiger partial charge in [-0.3, -0.25) is 0 Å². The van der Waals surface area contributed by atoms with E-state index >= 15 is 0 Å². The van der Waals surface area contributed by atoms with Crippen molar-refractivity contribution in [3.05, 3.63) is 29.3 Å². The Bertz CT molecular complexity index is 454. The van der Waals surface area contributed by atoms with E-state index in [2.05, 4.69) is 12.1 Å². The fraction of sp³-hybridized carbons (Fsp3) is 0.571. The summed E-state index contributed by atoms with van der Waals surface area (Å²) in [4.78, 5) is 0. The van der Waals surface area contributed by atoms with Gasteiger partial charge in [0.2, 0.25) is 0 Å². The third-order valence-electron chi connectivity index (χ3n) is 4.88. The average molecular weight is 233 g/mol. The molecule has 1 saturated carbocycles. The minimum Gasteiger partial charge on any atom is -0.497 e. The zero-order valence-corrected chi connectivity index (χ0v) is 10.2. The van der Waals surface area contributed by atoms with Crippen LogP contribution in [0.2, 0.25) is 0 Å². The molecule has 0 saturated heterocycles. The predicted octanol–water partition coefficient (Wildman–Crippen LogP) is 1.22. The van der Waals surface area contributed by atoms with E-state index in [-0.39, 0.29) is 17.4 Å². The van der Waals surface area contributed by atoms with Crippen LogP contribution >= 0.6 is 0 Å². The van der Waals surface area contributed by atoms with E-state index in [0.717, 1.165) is 25.0 Å². The molecule has 0 amide bonds. The molecule has 1 aromatic carbocycles. The van der Waals surface area contributed by atoms with E-state index in [1.165, 1.54) is 11.1 Å². The maximum Gasteiger partial charge on any atom is 0.119 e. The number of rotatable bonds is 3. The normalized spacial score (nSPS) is 33.8. The van der Waals surface area contributed by atoms with Gasteiger partial charge < -0.3 is 15.6 Å². The zero-order valence-electron chi connectivity index (χ0n) is 10.2. The molecule has 3 rings (SSSR count). The lowest BCUT2D eigenvalue weighted by Crippen LogP contribution is -2.28. The van der Waals surface area contributed by atoms with Crippen LogP contribution in [0.4, 0.5) is 0 Å². The summed E-state index contributed by atoms with van der Waals surface area (Å²) in [6, 6.07) is 6.30. The molecule has 1 spiro atoms. The molecule has 2 aliphatic carbocycles. The van der Waals surface area contributed by atoms with Crippen molar-refractivity contribution in [1.82, 2.24) is 0 Å². The first-order valence-electron chi connectivity index (χ1n) is 6.20. The van der Waals surface area contributed by atoms with E-state index in [0.29, 0.717) is 6.54 Å². The Kier molecular flexibility index (Phi) is 2.25. The Morgan fingerprint density at radius 2 is 2.29 bits per heavy atom. The molecule has 3 nitrogen and oxygen atoms in total. The van der Waals surface area contributed by atoms with Gasteiger partial charge in [-0.05, 0) is 42.5 Å². The van der Waals surface area contributed by atoms with Crippen LogP contribution in [0.25, 0.3) is 0 Å². The number of ether oxygens (including phenoxy) is 1. The summed E-state index contributed by atoms with van der Waals surface area (Å²) in [7, 11) is 1.69. The summed E-state index contributed by atoms with van der Waals surface area (Å²) in [5.41, 5.74) is 8.67. The molecular weight excluding hydrogens is 214 g/mol. The second-order valence-electron chi connectivity index (χ2n) is 5.42. The number of fused-ring (bicyclic) bond motifs is 2. The number of benzene rings is 1. The van der Waals surface area contributed by atoms with Gasteiger partial charge in [-0.15, -0.1) is 0 Å². The van der Waals surface area contributed by atoms with Crippen LogP contribution in [0.15, 0.2) is 18.2 Å². The lowest BCUT2D eigenvalue weighted by molar-refractivity contribution is 0.195. The van der Waals surface area contributed by atoms with Gasteiger partial charge in [0.05, 0.1) is 13.7 Å². The highest BCUT2D eigenvalue weighted by Crippen LogP contribution is 2.69. The van der Waals surface area contributed by atoms with Gasteiger partial charge in [0.15, 0.2) is 0 Å². The Hall–Kier alpha value is -1.06. The van der Waals surface area contributed by atoms with Crippen molar-refractivity contribution < 1.29 is 9.84 Å². The first-order valence-corrected chi connectivity index (χ1v) is 6.20. The van der Waals surface area contributed by atoms with Crippen LogP contribution in [-0.2, 0) is 11.8 Å². The topological polar surface area (TPSA) is 55.5 Å². The van der Waals surface area contributed by atoms with Gasteiger partial charge in [-0.2, -0.15) is 0 Å². The Morgan fingerprint density at radius 3 is 2.88 bits per heavy atom. The Morgan fingerprint density at radius 1 is 1.47 bits per heavy atom. The maximum absolute atomic E-state index is 9.62. The summed E-state index contributed by atoms with van der Waals surface area (Å²) in [6.45, 7) is 0.764. The SMILES string of the molecule is COc1ccc2c(c1)C1(CC2)CC1(CN)CO. The molecule has 0 aliphatic heterocycles. The van der Waals surface area contributed by atoms with E-state index in [1.807, 2.05) is 6.07 Å². The van der Waals surface area contributed by atoms with Gasteiger partial charge in [-0.1, -0.05) is 6.07 Å². The lowest BCUT2D eigenvalue weighted by atomic mass is 9.87. The molecule has 2 atom stereocenters. The molecular formula is C14H19NO2. The highest BCUT2D eigenvalue weighted by Gasteiger charge is 2.68. The number of hydrogen-bond donors (Lipinski definition) is 2. The molecule has 1 aromatic rings. The molecule has 0 radical (unpaired) electrons. The van der Waals surface area contributed by atoms with Gasteiger partial charge in [0.25, 0.3) is 0 Å². The summed E-state index contributed by atoms with van der Waals surface area (Å²) in [6.07, 6.45) is 3.24. The largest absolute Gasteiger partial charge is 0.497 e. The monoisotopic (exact) mass is 233 g/mol. The molecule has 92 valence electrons. The number of nitrogens with two attached hydrogens (primary N) is 1. The summed E-state index contributed by atoms with van der Waals surface area (Å²) in [5.74, 6) is 0.904. The van der Waals surface area contributed by atoms with Crippen LogP contribution in [-0.4, -0.2) is 25.4 Å². The molecule has 0 bridgehead atoms. The predicted molar refractivity (Wildman–Crippen MR) is 66.2 cm³/mol. The van der Waals surface area contributed by atoms with Crippen molar-refractivity contribution >= 4 is 0 Å². The smallest absolute Gasteiger partial charge is 0.119 e. The highest BCUT2D eigenvalue weighted by molar-refractivity contribution is 5.51. The van der Waals surface area contributed by atoms with Crippen LogP contribution in [0, 0.1) is 5.41 Å². The van der Waals surface area contributed by atoms with Gasteiger partial charge >= 0.3 is 0 Å². The molecule has 1 fully saturated rings. The summed E-state index contributed by atoms with van der Waals surface area (Å²) in [5, 5.41) is 9.62. The second-order valence-corrected chi connectivity index (χ2v) is 5.42. The number of aryl methyl sites for hydroxylation is 1. The number of methoxy groups -OCH3 is 1. The minimum absolute atomic E-state index is 0.0788. The highest BCUT2D eigenvalue weighted by atomic mass is 16.5. The standard InChI is InChI=1S/C14H19NO2/c1-17-11-3-2-10-4-5-14(12(10)6-11)7-13(14,8-15)9-16/h2-3,6,16H,4-5,7-9,15H2,1H3. The van der Waals surface area contributed by atoms with E-state index in [4.69, 9.17) is 10.5 Å². The van der Waals surface area contributed by atoms with Gasteiger partial charge in [0, 0.05) is 17.4 Å². The van der Waals surface area contributed by atoms with Crippen LogP contribution < -0.4 is 10.5 Å². The lowest BCUT2D eigenvalue weighted by Gasteiger charge is -2.20. The third-order valence-corrected chi connectivity index (χ3v) is 4.88. The number of hydrogen-bond acceptors (Lipinski definition) is 3. The Labute approximate surface area is 102 Å². The molecule has 2 unspecified atom stereocenters. The van der Waals surface area contributed by atoms with Crippen molar-refractivity contribution in [3.63, 3.8) is 0 Å². The quantitative estimate of drug-likeness (QED) is 0.825. The van der Waals surface area contributed by atoms with Crippen molar-refractivity contribution in [2.45, 2.75) is 24.7 Å². The van der Waals surface area contributed by atoms with Gasteiger partial charge in [-0.25, -0.2) is 0 Å². The maximum atomic E-state index is 9.62. The number of aliphatic hydroxyl groups is 1. The summed E-state index contributed by atoms with van der Waals surface area (Å²) >= 11 is 0. The fourth-order valence-electron chi connectivity index (χ4n) is 3.64. The fourth-order valence-corrected chi connectivity index (χ4v) is 3.64. The zero-order chi connectivity index (χ0) is 12.1. The van der Waals surface area contributed by atoms with Crippen LogP contribution in [0.5, 0.6) is 5.75 Å². The molecule has 17 heavy (non-hydrogen) atoms. The minimum atomic E-state index is -0.0788. The molecule has 3 N–H and O–H groups in total. The van der Waals surface area contributed by atoms with Crippen LogP contribution in [0.1, 0.15) is 24.0 Å². The molecule has 0 aromatic heterocycles. The van der Waals surface area contributed by atoms with Crippen molar-refractivity contribution in [3.8, 4) is 5.75 Å². The van der Waals surface area contributed by atoms with Crippen LogP contribution in [0.3, 0.4) is 0 Å². The molecule has 2 aliphatic rings. The van der Waals surface area contributed by atoms with E-state index in [1.54, 1.807) is 7.11 Å². The second kappa shape index (κ2) is 3.47.